The molecule has 2 aromatic rings. The van der Waals surface area contributed by atoms with E-state index in [-0.39, 0.29) is 17.6 Å². The fourth-order valence-corrected chi connectivity index (χ4v) is 4.05. The van der Waals surface area contributed by atoms with Crippen LogP contribution in [0, 0.1) is 0 Å². The maximum Gasteiger partial charge on any atom is 0.234 e. The van der Waals surface area contributed by atoms with E-state index in [0.29, 0.717) is 28.2 Å². The second-order valence-electron chi connectivity index (χ2n) is 5.69. The maximum absolute atomic E-state index is 12.1. The van der Waals surface area contributed by atoms with Gasteiger partial charge in [-0.25, -0.2) is 0 Å². The zero-order valence-electron chi connectivity index (χ0n) is 14.2. The highest BCUT2D eigenvalue weighted by Gasteiger charge is 2.25. The first kappa shape index (κ1) is 19.0. The molecule has 0 bridgehead atoms. The summed E-state index contributed by atoms with van der Waals surface area (Å²) in [6, 6.07) is 9.37. The summed E-state index contributed by atoms with van der Waals surface area (Å²) in [6.07, 6.45) is 4.35. The van der Waals surface area contributed by atoms with Crippen LogP contribution in [0.3, 0.4) is 0 Å². The number of hydrogen-bond donors (Lipinski definition) is 1. The lowest BCUT2D eigenvalue weighted by Gasteiger charge is -2.18. The fraction of sp³-hybridized carbons (Fsp3) is 0.278. The third kappa shape index (κ3) is 4.50. The zero-order chi connectivity index (χ0) is 18.5. The quantitative estimate of drug-likeness (QED) is 0.699. The normalized spacial score (nSPS) is 16.8. The molecular weight excluding hydrogens is 391 g/mol. The Bertz CT molecular complexity index is 848. The molecule has 0 spiro atoms. The minimum absolute atomic E-state index is 0.0564. The lowest BCUT2D eigenvalue weighted by Crippen LogP contribution is -2.15. The number of allylic oxidation sites excluding steroid dienone is 4. The van der Waals surface area contributed by atoms with Gasteiger partial charge in [-0.3, -0.25) is 4.79 Å². The van der Waals surface area contributed by atoms with Crippen LogP contribution in [0.5, 0.6) is 0 Å². The van der Waals surface area contributed by atoms with Gasteiger partial charge in [0.25, 0.3) is 0 Å². The lowest BCUT2D eigenvalue weighted by molar-refractivity contribution is -0.113. The molecule has 1 atom stereocenters. The average molecular weight is 409 g/mol. The Labute approximate surface area is 166 Å². The summed E-state index contributed by atoms with van der Waals surface area (Å²) >= 11 is 13.7. The first-order valence-corrected chi connectivity index (χ1v) is 9.96. The summed E-state index contributed by atoms with van der Waals surface area (Å²) in [4.78, 5) is 12.1. The van der Waals surface area contributed by atoms with E-state index < -0.39 is 0 Å². The maximum atomic E-state index is 12.1. The van der Waals surface area contributed by atoms with Gasteiger partial charge in [0.1, 0.15) is 5.82 Å². The molecule has 5 nitrogen and oxygen atoms in total. The van der Waals surface area contributed by atoms with Gasteiger partial charge in [-0.15, -0.1) is 10.2 Å². The highest BCUT2D eigenvalue weighted by molar-refractivity contribution is 7.99. The van der Waals surface area contributed by atoms with Crippen LogP contribution in [0.1, 0.15) is 25.1 Å². The second-order valence-corrected chi connectivity index (χ2v) is 7.51. The van der Waals surface area contributed by atoms with Crippen LogP contribution in [0.15, 0.2) is 57.7 Å². The van der Waals surface area contributed by atoms with E-state index in [1.54, 1.807) is 6.08 Å². The number of para-hydroxylation sites is 1. The van der Waals surface area contributed by atoms with Crippen LogP contribution < -0.4 is 5.32 Å². The molecule has 0 saturated heterocycles. The highest BCUT2D eigenvalue weighted by atomic mass is 35.5. The van der Waals surface area contributed by atoms with Crippen molar-refractivity contribution < 1.29 is 4.79 Å². The van der Waals surface area contributed by atoms with E-state index in [0.717, 1.165) is 11.5 Å². The van der Waals surface area contributed by atoms with Gasteiger partial charge in [-0.2, -0.15) is 0 Å². The van der Waals surface area contributed by atoms with Gasteiger partial charge in [-0.1, -0.05) is 59.2 Å². The van der Waals surface area contributed by atoms with Crippen molar-refractivity contribution >= 4 is 46.6 Å². The molecule has 1 aromatic carbocycles. The number of benzene rings is 1. The Morgan fingerprint density at radius 1 is 1.31 bits per heavy atom. The Kier molecular flexibility index (Phi) is 6.40. The van der Waals surface area contributed by atoms with E-state index >= 15 is 0 Å². The first-order valence-electron chi connectivity index (χ1n) is 8.22. The summed E-state index contributed by atoms with van der Waals surface area (Å²) in [5.41, 5.74) is 0.776. The molecule has 26 heavy (non-hydrogen) atoms. The number of nitrogens with zero attached hydrogens (tertiary/aromatic N) is 3. The number of rotatable bonds is 6. The third-order valence-corrected chi connectivity index (χ3v) is 5.52. The minimum Gasteiger partial charge on any atom is -0.325 e. The third-order valence-electron chi connectivity index (χ3n) is 3.92. The van der Waals surface area contributed by atoms with E-state index in [1.165, 1.54) is 11.8 Å². The van der Waals surface area contributed by atoms with Crippen molar-refractivity contribution in [2.45, 2.75) is 31.0 Å². The standard InChI is InChI=1S/C18H18Cl2N4OS/c1-2-24-17(14-9-8-12(19)10-15(14)20)22-23-18(24)26-11-16(25)21-13-6-4-3-5-7-13/h3-8,10,14H,2,9,11H2,1H3,(H,21,25). The van der Waals surface area contributed by atoms with E-state index in [2.05, 4.69) is 15.5 Å². The highest BCUT2D eigenvalue weighted by Crippen LogP contribution is 2.36. The lowest BCUT2D eigenvalue weighted by atomic mass is 9.99. The Morgan fingerprint density at radius 2 is 2.08 bits per heavy atom. The Hall–Kier alpha value is -1.76. The van der Waals surface area contributed by atoms with Crippen molar-refractivity contribution in [1.29, 1.82) is 0 Å². The van der Waals surface area contributed by atoms with Crippen molar-refractivity contribution in [3.05, 3.63) is 58.4 Å². The SMILES string of the molecule is CCn1c(SCC(=O)Nc2ccccc2)nnc1C1CC=C(Cl)C=C1Cl. The molecule has 1 amide bonds. The number of halogens is 2. The zero-order valence-corrected chi connectivity index (χ0v) is 16.5. The predicted octanol–water partition coefficient (Wildman–Crippen LogP) is 4.76. The van der Waals surface area contributed by atoms with Gasteiger partial charge in [-0.05, 0) is 31.6 Å². The largest absolute Gasteiger partial charge is 0.325 e. The number of aromatic nitrogens is 3. The number of anilines is 1. The van der Waals surface area contributed by atoms with Crippen LogP contribution in [-0.2, 0) is 11.3 Å². The van der Waals surface area contributed by atoms with E-state index in [4.69, 9.17) is 23.2 Å². The molecule has 1 aliphatic carbocycles. The van der Waals surface area contributed by atoms with Crippen molar-refractivity contribution in [2.24, 2.45) is 0 Å². The first-order chi connectivity index (χ1) is 12.6. The van der Waals surface area contributed by atoms with E-state index in [9.17, 15) is 4.79 Å². The molecule has 1 aliphatic rings. The topological polar surface area (TPSA) is 59.8 Å². The molecule has 0 saturated carbocycles. The molecule has 3 rings (SSSR count). The molecule has 1 unspecified atom stereocenters. The summed E-state index contributed by atoms with van der Waals surface area (Å²) in [5.74, 6) is 0.908. The predicted molar refractivity (Wildman–Crippen MR) is 107 cm³/mol. The summed E-state index contributed by atoms with van der Waals surface area (Å²) in [7, 11) is 0. The summed E-state index contributed by atoms with van der Waals surface area (Å²) in [6.45, 7) is 2.72. The van der Waals surface area contributed by atoms with E-state index in [1.807, 2.05) is 47.9 Å². The van der Waals surface area contributed by atoms with Gasteiger partial charge in [0, 0.05) is 22.3 Å². The molecule has 1 N–H and O–H groups in total. The molecule has 1 heterocycles. The monoisotopic (exact) mass is 408 g/mol. The van der Waals surface area contributed by atoms with Crippen LogP contribution >= 0.6 is 35.0 Å². The van der Waals surface area contributed by atoms with Gasteiger partial charge in [0.15, 0.2) is 5.16 Å². The average Bonchev–Trinajstić information content (AvgIpc) is 3.03. The van der Waals surface area contributed by atoms with Gasteiger partial charge < -0.3 is 9.88 Å². The molecule has 8 heteroatoms. The van der Waals surface area contributed by atoms with Gasteiger partial charge in [0.05, 0.1) is 11.7 Å². The summed E-state index contributed by atoms with van der Waals surface area (Å²) < 4.78 is 1.99. The number of thioether (sulfide) groups is 1. The fourth-order valence-electron chi connectivity index (χ4n) is 2.67. The smallest absolute Gasteiger partial charge is 0.234 e. The van der Waals surface area contributed by atoms with Crippen molar-refractivity contribution in [2.75, 3.05) is 11.1 Å². The molecular formula is C18H18Cl2N4OS. The second kappa shape index (κ2) is 8.75. The van der Waals surface area contributed by atoms with Crippen molar-refractivity contribution in [1.82, 2.24) is 14.8 Å². The minimum atomic E-state index is -0.0845. The number of hydrogen-bond acceptors (Lipinski definition) is 4. The van der Waals surface area contributed by atoms with Gasteiger partial charge >= 0.3 is 0 Å². The molecule has 1 aromatic heterocycles. The number of nitrogens with one attached hydrogen (secondary N) is 1. The molecule has 0 aliphatic heterocycles. The van der Waals surface area contributed by atoms with Crippen LogP contribution in [-0.4, -0.2) is 26.4 Å². The number of carbonyl (C=O) groups is 1. The van der Waals surface area contributed by atoms with Crippen LogP contribution in [0.2, 0.25) is 0 Å². The van der Waals surface area contributed by atoms with Crippen molar-refractivity contribution in [3.63, 3.8) is 0 Å². The Balaban J connectivity index is 1.67. The van der Waals surface area contributed by atoms with Crippen LogP contribution in [0.25, 0.3) is 0 Å². The Morgan fingerprint density at radius 3 is 2.77 bits per heavy atom. The molecule has 0 fully saturated rings. The van der Waals surface area contributed by atoms with Gasteiger partial charge in [0.2, 0.25) is 5.91 Å². The number of carbonyl (C=O) groups excluding carboxylic acids is 1. The van der Waals surface area contributed by atoms with Crippen molar-refractivity contribution in [3.8, 4) is 0 Å². The molecule has 136 valence electrons. The molecule has 0 radical (unpaired) electrons. The summed E-state index contributed by atoms with van der Waals surface area (Å²) in [5, 5.41) is 13.4. The number of amides is 1. The van der Waals surface area contributed by atoms with Crippen LogP contribution in [0.4, 0.5) is 5.69 Å².